The Morgan fingerprint density at radius 3 is 2.52 bits per heavy atom. The van der Waals surface area contributed by atoms with Crippen LogP contribution in [0.15, 0.2) is 48.5 Å². The van der Waals surface area contributed by atoms with Gasteiger partial charge in [-0.1, -0.05) is 48.0 Å². The normalized spacial score (nSPS) is 13.9. The third-order valence-electron chi connectivity index (χ3n) is 4.55. The van der Waals surface area contributed by atoms with Gasteiger partial charge in [-0.25, -0.2) is 0 Å². The van der Waals surface area contributed by atoms with Crippen LogP contribution < -0.4 is 10.1 Å². The molecule has 3 rings (SSSR count). The zero-order valence-electron chi connectivity index (χ0n) is 14.8. The van der Waals surface area contributed by atoms with E-state index < -0.39 is 0 Å². The smallest absolute Gasteiger partial charge is 0.260 e. The van der Waals surface area contributed by atoms with Gasteiger partial charge in [0.2, 0.25) is 0 Å². The van der Waals surface area contributed by atoms with Gasteiger partial charge in [0.25, 0.3) is 5.91 Å². The van der Waals surface area contributed by atoms with Crippen LogP contribution in [0.5, 0.6) is 5.75 Å². The minimum atomic E-state index is 0.0833. The zero-order valence-corrected chi connectivity index (χ0v) is 14.8. The van der Waals surface area contributed by atoms with Crippen molar-refractivity contribution in [3.8, 4) is 5.75 Å². The molecule has 0 radical (unpaired) electrons. The number of benzene rings is 2. The van der Waals surface area contributed by atoms with Crippen molar-refractivity contribution in [3.05, 3.63) is 65.2 Å². The maximum Gasteiger partial charge on any atom is 0.260 e. The monoisotopic (exact) mass is 338 g/mol. The molecule has 0 aliphatic carbocycles. The molecule has 0 bridgehead atoms. The number of rotatable bonds is 7. The summed E-state index contributed by atoms with van der Waals surface area (Å²) in [4.78, 5) is 14.0. The molecule has 2 aromatic carbocycles. The Labute approximate surface area is 149 Å². The van der Waals surface area contributed by atoms with Crippen LogP contribution in [0.1, 0.15) is 29.5 Å². The van der Waals surface area contributed by atoms with E-state index in [0.717, 1.165) is 43.8 Å². The number of nitrogens with one attached hydrogen (secondary N) is 1. The maximum absolute atomic E-state index is 12.1. The molecule has 0 aromatic heterocycles. The summed E-state index contributed by atoms with van der Waals surface area (Å²) >= 11 is 0. The lowest BCUT2D eigenvalue weighted by Crippen LogP contribution is -2.32. The molecule has 132 valence electrons. The average molecular weight is 338 g/mol. The highest BCUT2D eigenvalue weighted by Crippen LogP contribution is 2.18. The molecule has 4 heteroatoms. The van der Waals surface area contributed by atoms with Crippen LogP contribution >= 0.6 is 0 Å². The van der Waals surface area contributed by atoms with Gasteiger partial charge in [-0.05, 0) is 31.4 Å². The van der Waals surface area contributed by atoms with Crippen LogP contribution in [0.25, 0.3) is 0 Å². The van der Waals surface area contributed by atoms with E-state index in [1.54, 1.807) is 0 Å². The number of hydrogen-bond acceptors (Lipinski definition) is 3. The van der Waals surface area contributed by atoms with Gasteiger partial charge >= 0.3 is 0 Å². The molecule has 1 aliphatic rings. The Morgan fingerprint density at radius 2 is 1.76 bits per heavy atom. The summed E-state index contributed by atoms with van der Waals surface area (Å²) in [6.45, 7) is 5.45. The number of aryl methyl sites for hydroxylation is 1. The fourth-order valence-corrected chi connectivity index (χ4v) is 3.04. The first-order valence-corrected chi connectivity index (χ1v) is 8.97. The highest BCUT2D eigenvalue weighted by atomic mass is 16.5. The quantitative estimate of drug-likeness (QED) is 0.842. The summed E-state index contributed by atoms with van der Waals surface area (Å²) in [5.74, 6) is 0.867. The molecule has 0 atom stereocenters. The van der Waals surface area contributed by atoms with E-state index in [9.17, 15) is 4.79 Å². The van der Waals surface area contributed by atoms with Gasteiger partial charge in [0.05, 0.1) is 0 Å². The molecule has 1 saturated heterocycles. The van der Waals surface area contributed by atoms with Gasteiger partial charge in [0, 0.05) is 31.7 Å². The SMILES string of the molecule is Cc1ccc(CNCc2ccccc2OCC(=O)N2CCCC2)cc1. The van der Waals surface area contributed by atoms with Gasteiger partial charge in [-0.2, -0.15) is 0 Å². The summed E-state index contributed by atoms with van der Waals surface area (Å²) in [6.07, 6.45) is 2.20. The molecule has 1 fully saturated rings. The maximum atomic E-state index is 12.1. The van der Waals surface area contributed by atoms with Crippen molar-refractivity contribution >= 4 is 5.91 Å². The molecular formula is C21H26N2O2. The molecule has 0 spiro atoms. The lowest BCUT2D eigenvalue weighted by Gasteiger charge is -2.17. The standard InChI is InChI=1S/C21H26N2O2/c1-17-8-10-18(11-9-17)14-22-15-19-6-2-3-7-20(19)25-16-21(24)23-12-4-5-13-23/h2-3,6-11,22H,4-5,12-16H2,1H3. The predicted octanol–water partition coefficient (Wildman–Crippen LogP) is 3.29. The molecule has 0 unspecified atom stereocenters. The summed E-state index contributed by atoms with van der Waals surface area (Å²) in [5.41, 5.74) is 3.60. The first kappa shape index (κ1) is 17.5. The molecule has 1 amide bonds. The Morgan fingerprint density at radius 1 is 1.04 bits per heavy atom. The number of ether oxygens (including phenoxy) is 1. The molecule has 25 heavy (non-hydrogen) atoms. The molecule has 1 N–H and O–H groups in total. The van der Waals surface area contributed by atoms with Crippen molar-refractivity contribution in [1.82, 2.24) is 10.2 Å². The van der Waals surface area contributed by atoms with E-state index in [1.807, 2.05) is 29.2 Å². The van der Waals surface area contributed by atoms with Gasteiger partial charge in [0.15, 0.2) is 6.61 Å². The Bertz CT molecular complexity index is 691. The summed E-state index contributed by atoms with van der Waals surface area (Å²) in [7, 11) is 0. The average Bonchev–Trinajstić information content (AvgIpc) is 3.17. The zero-order chi connectivity index (χ0) is 17.5. The first-order chi connectivity index (χ1) is 12.2. The van der Waals surface area contributed by atoms with Crippen LogP contribution in [-0.2, 0) is 17.9 Å². The topological polar surface area (TPSA) is 41.6 Å². The second kappa shape index (κ2) is 8.67. The highest BCUT2D eigenvalue weighted by Gasteiger charge is 2.18. The fourth-order valence-electron chi connectivity index (χ4n) is 3.04. The van der Waals surface area contributed by atoms with Crippen LogP contribution in [0.3, 0.4) is 0 Å². The van der Waals surface area contributed by atoms with Crippen molar-refractivity contribution in [2.45, 2.75) is 32.9 Å². The van der Waals surface area contributed by atoms with Crippen molar-refractivity contribution in [3.63, 3.8) is 0 Å². The van der Waals surface area contributed by atoms with Gasteiger partial charge in [0.1, 0.15) is 5.75 Å². The number of carbonyl (C=O) groups excluding carboxylic acids is 1. The largest absolute Gasteiger partial charge is 0.483 e. The van der Waals surface area contributed by atoms with Gasteiger partial charge in [-0.15, -0.1) is 0 Å². The lowest BCUT2D eigenvalue weighted by molar-refractivity contribution is -0.132. The Balaban J connectivity index is 1.51. The highest BCUT2D eigenvalue weighted by molar-refractivity contribution is 5.78. The van der Waals surface area contributed by atoms with Crippen LogP contribution in [0.2, 0.25) is 0 Å². The summed E-state index contributed by atoms with van der Waals surface area (Å²) < 4.78 is 5.80. The lowest BCUT2D eigenvalue weighted by atomic mass is 10.1. The summed E-state index contributed by atoms with van der Waals surface area (Å²) in [6, 6.07) is 16.4. The van der Waals surface area contributed by atoms with E-state index in [-0.39, 0.29) is 12.5 Å². The van der Waals surface area contributed by atoms with Crippen molar-refractivity contribution < 1.29 is 9.53 Å². The van der Waals surface area contributed by atoms with E-state index in [1.165, 1.54) is 11.1 Å². The number of hydrogen-bond donors (Lipinski definition) is 1. The van der Waals surface area contributed by atoms with Crippen molar-refractivity contribution in [2.24, 2.45) is 0 Å². The molecule has 4 nitrogen and oxygen atoms in total. The Hall–Kier alpha value is -2.33. The van der Waals surface area contributed by atoms with E-state index in [2.05, 4.69) is 36.5 Å². The molecule has 1 aliphatic heterocycles. The van der Waals surface area contributed by atoms with Crippen molar-refractivity contribution in [2.75, 3.05) is 19.7 Å². The number of likely N-dealkylation sites (tertiary alicyclic amines) is 1. The molecule has 2 aromatic rings. The molecule has 0 saturated carbocycles. The van der Waals surface area contributed by atoms with Crippen LogP contribution in [0, 0.1) is 6.92 Å². The number of nitrogens with zero attached hydrogens (tertiary/aromatic N) is 1. The molecule has 1 heterocycles. The van der Waals surface area contributed by atoms with E-state index in [0.29, 0.717) is 6.54 Å². The van der Waals surface area contributed by atoms with E-state index in [4.69, 9.17) is 4.74 Å². The first-order valence-electron chi connectivity index (χ1n) is 8.97. The minimum absolute atomic E-state index is 0.0833. The van der Waals surface area contributed by atoms with Crippen LogP contribution in [-0.4, -0.2) is 30.5 Å². The van der Waals surface area contributed by atoms with Crippen molar-refractivity contribution in [1.29, 1.82) is 0 Å². The number of amides is 1. The third-order valence-corrected chi connectivity index (χ3v) is 4.55. The van der Waals surface area contributed by atoms with Gasteiger partial charge < -0.3 is 15.0 Å². The van der Waals surface area contributed by atoms with Crippen LogP contribution in [0.4, 0.5) is 0 Å². The third kappa shape index (κ3) is 5.07. The second-order valence-corrected chi connectivity index (χ2v) is 6.57. The fraction of sp³-hybridized carbons (Fsp3) is 0.381. The minimum Gasteiger partial charge on any atom is -0.483 e. The second-order valence-electron chi connectivity index (χ2n) is 6.57. The number of para-hydroxylation sites is 1. The summed E-state index contributed by atoms with van der Waals surface area (Å²) in [5, 5.41) is 3.45. The Kier molecular flexibility index (Phi) is 6.07. The number of carbonyl (C=O) groups is 1. The van der Waals surface area contributed by atoms with E-state index >= 15 is 0 Å². The van der Waals surface area contributed by atoms with Gasteiger partial charge in [-0.3, -0.25) is 4.79 Å². The predicted molar refractivity (Wildman–Crippen MR) is 99.5 cm³/mol. The molecular weight excluding hydrogens is 312 g/mol.